The van der Waals surface area contributed by atoms with Gasteiger partial charge >= 0.3 is 5.97 Å². The zero-order valence-electron chi connectivity index (χ0n) is 11.1. The first-order valence-corrected chi connectivity index (χ1v) is 5.86. The molecular formula is C14H25NO2. The molecular weight excluding hydrogens is 214 g/mol. The molecule has 0 fully saturated rings. The lowest BCUT2D eigenvalue weighted by atomic mass is 10.3. The van der Waals surface area contributed by atoms with Gasteiger partial charge in [0, 0.05) is 12.1 Å². The summed E-state index contributed by atoms with van der Waals surface area (Å²) in [5.74, 6) is -0.308. The van der Waals surface area contributed by atoms with Crippen LogP contribution in [0.5, 0.6) is 0 Å². The summed E-state index contributed by atoms with van der Waals surface area (Å²) in [6, 6.07) is 0. The molecule has 0 saturated heterocycles. The molecule has 0 rings (SSSR count). The highest BCUT2D eigenvalue weighted by Crippen LogP contribution is 1.90. The van der Waals surface area contributed by atoms with Gasteiger partial charge in [-0.1, -0.05) is 45.2 Å². The third-order valence-electron chi connectivity index (χ3n) is 1.73. The van der Waals surface area contributed by atoms with Crippen LogP contribution in [0.4, 0.5) is 0 Å². The number of unbranched alkanes of at least 4 members (excludes halogenated alkanes) is 1. The molecule has 0 aromatic carbocycles. The van der Waals surface area contributed by atoms with Crippen molar-refractivity contribution in [3.05, 3.63) is 37.5 Å². The lowest BCUT2D eigenvalue weighted by Gasteiger charge is -2.05. The van der Waals surface area contributed by atoms with Gasteiger partial charge in [-0.2, -0.15) is 0 Å². The molecule has 0 spiro atoms. The van der Waals surface area contributed by atoms with Crippen molar-refractivity contribution in [3.63, 3.8) is 0 Å². The molecule has 3 nitrogen and oxygen atoms in total. The molecule has 0 saturated carbocycles. The van der Waals surface area contributed by atoms with Crippen LogP contribution in [-0.2, 0) is 9.53 Å². The maximum atomic E-state index is 10.9. The Morgan fingerprint density at radius 2 is 1.88 bits per heavy atom. The quantitative estimate of drug-likeness (QED) is 0.306. The number of carbonyl (C=O) groups excluding carboxylic acids is 1. The van der Waals surface area contributed by atoms with E-state index in [9.17, 15) is 4.79 Å². The Morgan fingerprint density at radius 1 is 1.29 bits per heavy atom. The van der Waals surface area contributed by atoms with E-state index < -0.39 is 0 Å². The molecule has 0 aromatic heterocycles. The van der Waals surface area contributed by atoms with Gasteiger partial charge in [0.05, 0.1) is 0 Å². The summed E-state index contributed by atoms with van der Waals surface area (Å²) in [6.07, 6.45) is 5.62. The Hall–Kier alpha value is -1.35. The Labute approximate surface area is 105 Å². The van der Waals surface area contributed by atoms with Crippen molar-refractivity contribution in [1.29, 1.82) is 0 Å². The Kier molecular flexibility index (Phi) is 15.5. The van der Waals surface area contributed by atoms with Gasteiger partial charge in [-0.15, -0.1) is 0 Å². The minimum atomic E-state index is -0.308. The highest BCUT2D eigenvalue weighted by atomic mass is 16.5. The summed E-state index contributed by atoms with van der Waals surface area (Å²) < 4.78 is 4.88. The lowest BCUT2D eigenvalue weighted by molar-refractivity contribution is -0.138. The Balaban J connectivity index is 0. The van der Waals surface area contributed by atoms with Crippen molar-refractivity contribution in [2.24, 2.45) is 0 Å². The molecule has 0 amide bonds. The molecule has 98 valence electrons. The van der Waals surface area contributed by atoms with Gasteiger partial charge in [0.2, 0.25) is 0 Å². The van der Waals surface area contributed by atoms with Gasteiger partial charge in [0.1, 0.15) is 6.61 Å². The highest BCUT2D eigenvalue weighted by Gasteiger charge is 2.00. The number of rotatable bonds is 8. The molecule has 0 radical (unpaired) electrons. The number of allylic oxidation sites excluding steroid dienone is 2. The first-order valence-electron chi connectivity index (χ1n) is 5.86. The fraction of sp³-hybridized carbons (Fsp3) is 0.500. The van der Waals surface area contributed by atoms with E-state index in [4.69, 9.17) is 4.74 Å². The van der Waals surface area contributed by atoms with E-state index in [0.717, 1.165) is 19.5 Å². The first-order chi connectivity index (χ1) is 8.09. The molecule has 0 aliphatic rings. The SMILES string of the molecule is C=C(C)C(=O)OCCNCCCC.C=CC=C. The van der Waals surface area contributed by atoms with E-state index in [1.165, 1.54) is 6.42 Å². The topological polar surface area (TPSA) is 38.3 Å². The van der Waals surface area contributed by atoms with Gasteiger partial charge in [0.25, 0.3) is 0 Å². The largest absolute Gasteiger partial charge is 0.461 e. The highest BCUT2D eigenvalue weighted by molar-refractivity contribution is 5.86. The summed E-state index contributed by atoms with van der Waals surface area (Å²) in [5, 5.41) is 3.17. The van der Waals surface area contributed by atoms with Crippen LogP contribution in [0.15, 0.2) is 37.5 Å². The fourth-order valence-electron chi connectivity index (χ4n) is 0.766. The van der Waals surface area contributed by atoms with Crippen LogP contribution in [0.25, 0.3) is 0 Å². The van der Waals surface area contributed by atoms with Crippen molar-refractivity contribution >= 4 is 5.97 Å². The Morgan fingerprint density at radius 3 is 2.29 bits per heavy atom. The summed E-state index contributed by atoms with van der Waals surface area (Å²) in [5.41, 5.74) is 0.452. The van der Waals surface area contributed by atoms with E-state index in [1.54, 1.807) is 19.1 Å². The van der Waals surface area contributed by atoms with Crippen LogP contribution in [0.3, 0.4) is 0 Å². The van der Waals surface area contributed by atoms with Gasteiger partial charge in [-0.3, -0.25) is 0 Å². The zero-order valence-corrected chi connectivity index (χ0v) is 11.1. The average molecular weight is 239 g/mol. The van der Waals surface area contributed by atoms with Gasteiger partial charge in [0.15, 0.2) is 0 Å². The molecule has 0 aromatic rings. The molecule has 0 heterocycles. The number of hydrogen-bond acceptors (Lipinski definition) is 3. The molecule has 0 aliphatic carbocycles. The molecule has 0 unspecified atom stereocenters. The van der Waals surface area contributed by atoms with E-state index in [1.807, 2.05) is 0 Å². The fourth-order valence-corrected chi connectivity index (χ4v) is 0.766. The third-order valence-corrected chi connectivity index (χ3v) is 1.73. The maximum absolute atomic E-state index is 10.9. The second-order valence-electron chi connectivity index (χ2n) is 3.49. The lowest BCUT2D eigenvalue weighted by Crippen LogP contribution is -2.22. The summed E-state index contributed by atoms with van der Waals surface area (Å²) in [7, 11) is 0. The van der Waals surface area contributed by atoms with Crippen LogP contribution >= 0.6 is 0 Å². The van der Waals surface area contributed by atoms with Crippen LogP contribution < -0.4 is 5.32 Å². The zero-order chi connectivity index (χ0) is 13.5. The van der Waals surface area contributed by atoms with Crippen molar-refractivity contribution in [1.82, 2.24) is 5.32 Å². The number of hydrogen-bond donors (Lipinski definition) is 1. The molecule has 0 bridgehead atoms. The molecule has 0 aliphatic heterocycles. The van der Waals surface area contributed by atoms with Gasteiger partial charge < -0.3 is 10.1 Å². The number of ether oxygens (including phenoxy) is 1. The van der Waals surface area contributed by atoms with E-state index in [2.05, 4.69) is 32.0 Å². The second-order valence-corrected chi connectivity index (χ2v) is 3.49. The predicted octanol–water partition coefficient (Wildman–Crippen LogP) is 2.85. The number of nitrogens with one attached hydrogen (secondary N) is 1. The van der Waals surface area contributed by atoms with Crippen LogP contribution in [0.1, 0.15) is 26.7 Å². The summed E-state index contributed by atoms with van der Waals surface area (Å²) >= 11 is 0. The molecule has 0 atom stereocenters. The predicted molar refractivity (Wildman–Crippen MR) is 73.9 cm³/mol. The number of esters is 1. The van der Waals surface area contributed by atoms with E-state index >= 15 is 0 Å². The summed E-state index contributed by atoms with van der Waals surface area (Å²) in [4.78, 5) is 10.9. The first kappa shape index (κ1) is 18.0. The molecule has 1 N–H and O–H groups in total. The van der Waals surface area contributed by atoms with Crippen LogP contribution in [-0.4, -0.2) is 25.7 Å². The standard InChI is InChI=1S/C10H19NO2.C4H6/c1-4-5-6-11-7-8-13-10(12)9(2)3;1-3-4-2/h11H,2,4-8H2,1,3H3;3-4H,1-2H2. The van der Waals surface area contributed by atoms with Gasteiger partial charge in [-0.25, -0.2) is 4.79 Å². The van der Waals surface area contributed by atoms with Gasteiger partial charge in [-0.05, 0) is 19.9 Å². The smallest absolute Gasteiger partial charge is 0.333 e. The minimum absolute atomic E-state index is 0.308. The van der Waals surface area contributed by atoms with Crippen LogP contribution in [0.2, 0.25) is 0 Å². The van der Waals surface area contributed by atoms with E-state index in [0.29, 0.717) is 12.2 Å². The summed E-state index contributed by atoms with van der Waals surface area (Å²) in [6.45, 7) is 16.1. The second kappa shape index (κ2) is 14.6. The third kappa shape index (κ3) is 17.3. The van der Waals surface area contributed by atoms with Crippen LogP contribution in [0, 0.1) is 0 Å². The van der Waals surface area contributed by atoms with Crippen molar-refractivity contribution in [2.75, 3.05) is 19.7 Å². The van der Waals surface area contributed by atoms with Crippen molar-refractivity contribution < 1.29 is 9.53 Å². The average Bonchev–Trinajstić information content (AvgIpc) is 2.33. The van der Waals surface area contributed by atoms with Crippen molar-refractivity contribution in [2.45, 2.75) is 26.7 Å². The normalized spacial score (nSPS) is 8.59. The van der Waals surface area contributed by atoms with Crippen molar-refractivity contribution in [3.8, 4) is 0 Å². The molecule has 3 heteroatoms. The molecule has 17 heavy (non-hydrogen) atoms. The van der Waals surface area contributed by atoms with E-state index in [-0.39, 0.29) is 5.97 Å². The maximum Gasteiger partial charge on any atom is 0.333 e. The number of carbonyl (C=O) groups is 1. The Bertz CT molecular complexity index is 228. The minimum Gasteiger partial charge on any atom is -0.461 e. The monoisotopic (exact) mass is 239 g/mol.